The Labute approximate surface area is 164 Å². The minimum atomic E-state index is -0.0816. The highest BCUT2D eigenvalue weighted by molar-refractivity contribution is 5.92. The number of urea groups is 1. The molecule has 2 aliphatic rings. The van der Waals surface area contributed by atoms with Crippen molar-refractivity contribution in [3.8, 4) is 11.3 Å². The van der Waals surface area contributed by atoms with Gasteiger partial charge in [0.15, 0.2) is 0 Å². The zero-order valence-corrected chi connectivity index (χ0v) is 16.2. The van der Waals surface area contributed by atoms with Crippen molar-refractivity contribution in [2.45, 2.75) is 25.7 Å². The third kappa shape index (κ3) is 3.85. The predicted octanol–water partition coefficient (Wildman–Crippen LogP) is 2.35. The summed E-state index contributed by atoms with van der Waals surface area (Å²) in [4.78, 5) is 33.0. The normalized spacial score (nSPS) is 17.8. The maximum atomic E-state index is 12.7. The van der Waals surface area contributed by atoms with Crippen molar-refractivity contribution in [1.29, 1.82) is 0 Å². The van der Waals surface area contributed by atoms with Crippen LogP contribution in [0, 0.1) is 5.92 Å². The molecular formula is C20H26N6O2. The third-order valence-electron chi connectivity index (χ3n) is 5.62. The molecule has 0 unspecified atom stereocenters. The Kier molecular flexibility index (Phi) is 5.27. The minimum absolute atomic E-state index is 0.00227. The van der Waals surface area contributed by atoms with Gasteiger partial charge in [-0.15, -0.1) is 0 Å². The number of likely N-dealkylation sites (tertiary alicyclic amines) is 2. The lowest BCUT2D eigenvalue weighted by atomic mass is 9.96. The zero-order chi connectivity index (χ0) is 19.5. The number of carbonyl (C=O) groups is 2. The number of pyridine rings is 1. The van der Waals surface area contributed by atoms with Crippen molar-refractivity contribution in [1.82, 2.24) is 24.6 Å². The fourth-order valence-corrected chi connectivity index (χ4v) is 3.92. The molecule has 4 rings (SSSR count). The van der Waals surface area contributed by atoms with Crippen LogP contribution in [0.15, 0.2) is 30.6 Å². The lowest BCUT2D eigenvalue weighted by Gasteiger charge is -2.34. The summed E-state index contributed by atoms with van der Waals surface area (Å²) < 4.78 is 1.68. The quantitative estimate of drug-likeness (QED) is 0.883. The summed E-state index contributed by atoms with van der Waals surface area (Å²) >= 11 is 0. The van der Waals surface area contributed by atoms with Gasteiger partial charge in [0.1, 0.15) is 5.82 Å². The number of carbonyl (C=O) groups excluding carboxylic acids is 2. The van der Waals surface area contributed by atoms with E-state index in [1.807, 2.05) is 35.0 Å². The molecule has 3 amide bonds. The Morgan fingerprint density at radius 3 is 2.36 bits per heavy atom. The van der Waals surface area contributed by atoms with E-state index >= 15 is 0 Å². The maximum absolute atomic E-state index is 12.7. The number of aryl methyl sites for hydroxylation is 1. The van der Waals surface area contributed by atoms with E-state index in [-0.39, 0.29) is 17.9 Å². The Morgan fingerprint density at radius 2 is 1.68 bits per heavy atom. The van der Waals surface area contributed by atoms with Gasteiger partial charge in [0.2, 0.25) is 5.91 Å². The average Bonchev–Trinajstić information content (AvgIpc) is 3.39. The molecule has 0 spiro atoms. The molecular weight excluding hydrogens is 356 g/mol. The maximum Gasteiger partial charge on any atom is 0.319 e. The first kappa shape index (κ1) is 18.5. The first-order valence-electron chi connectivity index (χ1n) is 9.91. The standard InChI is InChI=1S/C20H26N6O2/c1-24-18(14-17(23-24)15-4-8-21-9-5-15)22-19(27)16-6-12-26(13-7-16)20(28)25-10-2-3-11-25/h4-5,8-9,14,16H,2-3,6-7,10-13H2,1H3,(H,22,27). The van der Waals surface area contributed by atoms with Gasteiger partial charge < -0.3 is 15.1 Å². The topological polar surface area (TPSA) is 83.4 Å². The number of rotatable bonds is 3. The molecule has 2 aliphatic heterocycles. The van der Waals surface area contributed by atoms with E-state index in [4.69, 9.17) is 0 Å². The van der Waals surface area contributed by atoms with Gasteiger partial charge in [-0.2, -0.15) is 5.10 Å². The van der Waals surface area contributed by atoms with Gasteiger partial charge in [-0.25, -0.2) is 4.79 Å². The van der Waals surface area contributed by atoms with Crippen LogP contribution in [0.1, 0.15) is 25.7 Å². The molecule has 0 saturated carbocycles. The van der Waals surface area contributed by atoms with E-state index in [1.54, 1.807) is 17.1 Å². The van der Waals surface area contributed by atoms with Gasteiger partial charge >= 0.3 is 6.03 Å². The molecule has 2 aromatic heterocycles. The molecule has 2 saturated heterocycles. The van der Waals surface area contributed by atoms with Crippen LogP contribution in [0.5, 0.6) is 0 Å². The molecule has 28 heavy (non-hydrogen) atoms. The van der Waals surface area contributed by atoms with Crippen LogP contribution in [0.25, 0.3) is 11.3 Å². The molecule has 2 aromatic rings. The zero-order valence-electron chi connectivity index (χ0n) is 16.2. The molecule has 8 nitrogen and oxygen atoms in total. The molecule has 0 bridgehead atoms. The van der Waals surface area contributed by atoms with Crippen molar-refractivity contribution in [2.75, 3.05) is 31.5 Å². The predicted molar refractivity (Wildman–Crippen MR) is 106 cm³/mol. The lowest BCUT2D eigenvalue weighted by Crippen LogP contribution is -2.47. The fourth-order valence-electron chi connectivity index (χ4n) is 3.92. The van der Waals surface area contributed by atoms with Crippen LogP contribution in [0.3, 0.4) is 0 Å². The summed E-state index contributed by atoms with van der Waals surface area (Å²) in [5.74, 6) is 0.590. The summed E-state index contributed by atoms with van der Waals surface area (Å²) in [7, 11) is 1.82. The Morgan fingerprint density at radius 1 is 1.04 bits per heavy atom. The number of aromatic nitrogens is 3. The second-order valence-electron chi connectivity index (χ2n) is 7.50. The Balaban J connectivity index is 1.34. The number of amides is 3. The van der Waals surface area contributed by atoms with Crippen molar-refractivity contribution in [2.24, 2.45) is 13.0 Å². The third-order valence-corrected chi connectivity index (χ3v) is 5.62. The summed E-state index contributed by atoms with van der Waals surface area (Å²) in [6.07, 6.45) is 7.02. The summed E-state index contributed by atoms with van der Waals surface area (Å²) in [5.41, 5.74) is 1.76. The van der Waals surface area contributed by atoms with E-state index in [9.17, 15) is 9.59 Å². The summed E-state index contributed by atoms with van der Waals surface area (Å²) in [6, 6.07) is 5.78. The molecule has 0 atom stereocenters. The second-order valence-corrected chi connectivity index (χ2v) is 7.50. The van der Waals surface area contributed by atoms with Crippen LogP contribution >= 0.6 is 0 Å². The molecule has 0 aliphatic carbocycles. The van der Waals surface area contributed by atoms with E-state index < -0.39 is 0 Å². The summed E-state index contributed by atoms with van der Waals surface area (Å²) in [6.45, 7) is 3.00. The second kappa shape index (κ2) is 8.00. The lowest BCUT2D eigenvalue weighted by molar-refractivity contribution is -0.121. The van der Waals surface area contributed by atoms with Gasteiger partial charge in [-0.1, -0.05) is 0 Å². The fraction of sp³-hybridized carbons (Fsp3) is 0.500. The van der Waals surface area contributed by atoms with Crippen molar-refractivity contribution < 1.29 is 9.59 Å². The van der Waals surface area contributed by atoms with Crippen LogP contribution in [0.2, 0.25) is 0 Å². The molecule has 0 aromatic carbocycles. The smallest absolute Gasteiger partial charge is 0.319 e. The van der Waals surface area contributed by atoms with E-state index in [1.165, 1.54) is 0 Å². The van der Waals surface area contributed by atoms with Crippen LogP contribution in [-0.2, 0) is 11.8 Å². The largest absolute Gasteiger partial charge is 0.325 e. The highest BCUT2D eigenvalue weighted by atomic mass is 16.2. The number of hydrogen-bond acceptors (Lipinski definition) is 4. The van der Waals surface area contributed by atoms with Gasteiger partial charge in [-0.3, -0.25) is 14.5 Å². The van der Waals surface area contributed by atoms with E-state index in [0.29, 0.717) is 31.7 Å². The Bertz CT molecular complexity index is 836. The average molecular weight is 382 g/mol. The van der Waals surface area contributed by atoms with Gasteiger partial charge in [0.05, 0.1) is 5.69 Å². The number of hydrogen-bond donors (Lipinski definition) is 1. The number of nitrogens with one attached hydrogen (secondary N) is 1. The molecule has 4 heterocycles. The number of anilines is 1. The highest BCUT2D eigenvalue weighted by Crippen LogP contribution is 2.24. The van der Waals surface area contributed by atoms with Gasteiger partial charge in [0.25, 0.3) is 0 Å². The van der Waals surface area contributed by atoms with E-state index in [2.05, 4.69) is 15.4 Å². The molecule has 2 fully saturated rings. The molecule has 8 heteroatoms. The SMILES string of the molecule is Cn1nc(-c2ccncc2)cc1NC(=O)C1CCN(C(=O)N2CCCC2)CC1. The number of nitrogens with zero attached hydrogens (tertiary/aromatic N) is 5. The monoisotopic (exact) mass is 382 g/mol. The van der Waals surface area contributed by atoms with Crippen LogP contribution in [0.4, 0.5) is 10.6 Å². The van der Waals surface area contributed by atoms with Crippen molar-refractivity contribution in [3.05, 3.63) is 30.6 Å². The van der Waals surface area contributed by atoms with Crippen LogP contribution < -0.4 is 5.32 Å². The first-order valence-corrected chi connectivity index (χ1v) is 9.91. The van der Waals surface area contributed by atoms with Crippen molar-refractivity contribution in [3.63, 3.8) is 0 Å². The Hall–Kier alpha value is -2.90. The first-order chi connectivity index (χ1) is 13.6. The van der Waals surface area contributed by atoms with Gasteiger partial charge in [-0.05, 0) is 37.8 Å². The van der Waals surface area contributed by atoms with Gasteiger partial charge in [0, 0.05) is 63.2 Å². The molecule has 148 valence electrons. The molecule has 1 N–H and O–H groups in total. The molecule has 0 radical (unpaired) electrons. The summed E-state index contributed by atoms with van der Waals surface area (Å²) in [5, 5.41) is 7.48. The minimum Gasteiger partial charge on any atom is -0.325 e. The highest BCUT2D eigenvalue weighted by Gasteiger charge is 2.30. The van der Waals surface area contributed by atoms with E-state index in [0.717, 1.165) is 37.2 Å². The van der Waals surface area contributed by atoms with Crippen molar-refractivity contribution >= 4 is 17.8 Å². The number of piperidine rings is 1. The van der Waals surface area contributed by atoms with Crippen LogP contribution in [-0.4, -0.2) is 62.7 Å².